The minimum atomic E-state index is -0.155. The quantitative estimate of drug-likeness (QED) is 0.252. The van der Waals surface area contributed by atoms with Gasteiger partial charge in [-0.1, -0.05) is 48.2 Å². The lowest BCUT2D eigenvalue weighted by Gasteiger charge is -2.13. The number of nitrogens with one attached hydrogen (secondary N) is 1. The number of benzene rings is 3. The van der Waals surface area contributed by atoms with Crippen molar-refractivity contribution in [2.24, 2.45) is 0 Å². The van der Waals surface area contributed by atoms with Crippen LogP contribution in [0.2, 0.25) is 0 Å². The highest BCUT2D eigenvalue weighted by Crippen LogP contribution is 2.26. The number of aromatic nitrogens is 3. The maximum atomic E-state index is 12.8. The van der Waals surface area contributed by atoms with Crippen LogP contribution < -0.4 is 10.1 Å². The molecule has 4 rings (SSSR count). The molecule has 178 valence electrons. The minimum absolute atomic E-state index is 0.0414. The van der Waals surface area contributed by atoms with E-state index in [1.807, 2.05) is 66.9 Å². The van der Waals surface area contributed by atoms with Gasteiger partial charge in [-0.05, 0) is 61.4 Å². The van der Waals surface area contributed by atoms with E-state index in [9.17, 15) is 9.59 Å². The first-order valence-corrected chi connectivity index (χ1v) is 12.1. The van der Waals surface area contributed by atoms with Gasteiger partial charge in [0.2, 0.25) is 5.91 Å². The fraction of sp³-hybridized carbons (Fsp3) is 0.185. The molecule has 0 aliphatic rings. The Kier molecular flexibility index (Phi) is 7.62. The molecule has 0 unspecified atom stereocenters. The number of thioether (sulfide) groups is 1. The van der Waals surface area contributed by atoms with Gasteiger partial charge < -0.3 is 10.1 Å². The molecule has 1 aromatic heterocycles. The summed E-state index contributed by atoms with van der Waals surface area (Å²) in [6.07, 6.45) is 0. The molecule has 1 heterocycles. The predicted molar refractivity (Wildman–Crippen MR) is 137 cm³/mol. The molecule has 0 saturated heterocycles. The lowest BCUT2D eigenvalue weighted by molar-refractivity contribution is -0.114. The number of hydrogen-bond donors (Lipinski definition) is 1. The summed E-state index contributed by atoms with van der Waals surface area (Å²) in [5.74, 6) is 1.48. The Hall–Kier alpha value is -3.91. The van der Waals surface area contributed by atoms with Crippen molar-refractivity contribution < 1.29 is 14.3 Å². The van der Waals surface area contributed by atoms with Crippen molar-refractivity contribution in [1.29, 1.82) is 0 Å². The highest BCUT2D eigenvalue weighted by molar-refractivity contribution is 7.99. The standard InChI is InChI=1S/C27H26N4O3S/c1-18-8-7-9-19(2)26(18)34-16-25-29-30-27(31(25)23-10-5-4-6-11-23)35-17-24(33)21-12-14-22(15-13-21)28-20(3)32/h4-15H,16-17H2,1-3H3,(H,28,32). The maximum absolute atomic E-state index is 12.8. The number of carbonyl (C=O) groups is 2. The number of ether oxygens (including phenoxy) is 1. The number of carbonyl (C=O) groups excluding carboxylic acids is 2. The van der Waals surface area contributed by atoms with Crippen molar-refractivity contribution in [1.82, 2.24) is 14.8 Å². The van der Waals surface area contributed by atoms with Crippen molar-refractivity contribution in [3.8, 4) is 11.4 Å². The average molecular weight is 487 g/mol. The van der Waals surface area contributed by atoms with Crippen molar-refractivity contribution in [2.45, 2.75) is 32.5 Å². The van der Waals surface area contributed by atoms with Crippen LogP contribution in [-0.4, -0.2) is 32.2 Å². The number of para-hydroxylation sites is 2. The van der Waals surface area contributed by atoms with E-state index in [1.54, 1.807) is 24.3 Å². The number of hydrogen-bond acceptors (Lipinski definition) is 6. The normalized spacial score (nSPS) is 10.7. The topological polar surface area (TPSA) is 86.1 Å². The van der Waals surface area contributed by atoms with Crippen LogP contribution >= 0.6 is 11.8 Å². The van der Waals surface area contributed by atoms with Gasteiger partial charge in [0, 0.05) is 23.9 Å². The molecule has 7 nitrogen and oxygen atoms in total. The molecule has 0 spiro atoms. The molecule has 4 aromatic rings. The van der Waals surface area contributed by atoms with Gasteiger partial charge in [-0.15, -0.1) is 10.2 Å². The second kappa shape index (κ2) is 11.0. The summed E-state index contributed by atoms with van der Waals surface area (Å²) in [5.41, 5.74) is 4.23. The number of amides is 1. The number of anilines is 1. The second-order valence-electron chi connectivity index (χ2n) is 8.05. The number of ketones is 1. The Labute approximate surface area is 208 Å². The van der Waals surface area contributed by atoms with E-state index < -0.39 is 0 Å². The summed E-state index contributed by atoms with van der Waals surface area (Å²) in [5, 5.41) is 12.0. The van der Waals surface area contributed by atoms with Gasteiger partial charge >= 0.3 is 0 Å². The van der Waals surface area contributed by atoms with Gasteiger partial charge in [-0.25, -0.2) is 0 Å². The molecule has 1 amide bonds. The van der Waals surface area contributed by atoms with Gasteiger partial charge in [-0.2, -0.15) is 0 Å². The van der Waals surface area contributed by atoms with Crippen LogP contribution in [-0.2, 0) is 11.4 Å². The zero-order chi connectivity index (χ0) is 24.8. The van der Waals surface area contributed by atoms with Crippen LogP contribution in [0.4, 0.5) is 5.69 Å². The van der Waals surface area contributed by atoms with Gasteiger partial charge in [0.25, 0.3) is 0 Å². The lowest BCUT2D eigenvalue weighted by atomic mass is 10.1. The third-order valence-corrected chi connectivity index (χ3v) is 6.26. The van der Waals surface area contributed by atoms with Crippen LogP contribution in [0.25, 0.3) is 5.69 Å². The highest BCUT2D eigenvalue weighted by Gasteiger charge is 2.18. The van der Waals surface area contributed by atoms with Crippen LogP contribution in [0.5, 0.6) is 5.75 Å². The fourth-order valence-electron chi connectivity index (χ4n) is 3.64. The number of Topliss-reactive ketones (excluding diaryl/α,β-unsaturated/α-hetero) is 1. The summed E-state index contributed by atoms with van der Waals surface area (Å²) in [6.45, 7) is 5.71. The van der Waals surface area contributed by atoms with Crippen LogP contribution in [0.15, 0.2) is 78.0 Å². The molecule has 8 heteroatoms. The number of aryl methyl sites for hydroxylation is 2. The smallest absolute Gasteiger partial charge is 0.221 e. The Bertz CT molecular complexity index is 1310. The van der Waals surface area contributed by atoms with Crippen molar-refractivity contribution >= 4 is 29.1 Å². The first-order chi connectivity index (χ1) is 16.9. The van der Waals surface area contributed by atoms with Crippen LogP contribution in [0.1, 0.15) is 34.2 Å². The van der Waals surface area contributed by atoms with Gasteiger partial charge in [0.1, 0.15) is 12.4 Å². The van der Waals surface area contributed by atoms with Gasteiger partial charge in [0.05, 0.1) is 5.75 Å². The monoisotopic (exact) mass is 486 g/mol. The highest BCUT2D eigenvalue weighted by atomic mass is 32.2. The molecular formula is C27H26N4O3S. The first kappa shape index (κ1) is 24.2. The Balaban J connectivity index is 1.52. The second-order valence-corrected chi connectivity index (χ2v) is 8.99. The van der Waals surface area contributed by atoms with Gasteiger partial charge in [0.15, 0.2) is 16.8 Å². The van der Waals surface area contributed by atoms with E-state index >= 15 is 0 Å². The first-order valence-electron chi connectivity index (χ1n) is 11.1. The SMILES string of the molecule is CC(=O)Nc1ccc(C(=O)CSc2nnc(COc3c(C)cccc3C)n2-c2ccccc2)cc1. The van der Waals surface area contributed by atoms with Crippen LogP contribution in [0, 0.1) is 13.8 Å². The molecule has 35 heavy (non-hydrogen) atoms. The fourth-order valence-corrected chi connectivity index (χ4v) is 4.51. The summed E-state index contributed by atoms with van der Waals surface area (Å²) < 4.78 is 8.06. The molecule has 0 aliphatic heterocycles. The van der Waals surface area contributed by atoms with Gasteiger partial charge in [-0.3, -0.25) is 14.2 Å². The maximum Gasteiger partial charge on any atom is 0.221 e. The number of nitrogens with zero attached hydrogens (tertiary/aromatic N) is 3. The summed E-state index contributed by atoms with van der Waals surface area (Å²) in [6, 6.07) is 22.7. The molecular weight excluding hydrogens is 460 g/mol. The predicted octanol–water partition coefficient (Wildman–Crippen LogP) is 5.40. The van der Waals surface area contributed by atoms with E-state index in [0.29, 0.717) is 22.2 Å². The largest absolute Gasteiger partial charge is 0.485 e. The molecule has 0 atom stereocenters. The zero-order valence-corrected chi connectivity index (χ0v) is 20.6. The molecule has 1 N–H and O–H groups in total. The summed E-state index contributed by atoms with van der Waals surface area (Å²) in [4.78, 5) is 24.0. The molecule has 0 radical (unpaired) electrons. The average Bonchev–Trinajstić information content (AvgIpc) is 3.25. The van der Waals surface area contributed by atoms with E-state index in [-0.39, 0.29) is 24.1 Å². The van der Waals surface area contributed by atoms with Crippen LogP contribution in [0.3, 0.4) is 0 Å². The third-order valence-electron chi connectivity index (χ3n) is 5.33. The molecule has 0 aliphatic carbocycles. The summed E-state index contributed by atoms with van der Waals surface area (Å²) >= 11 is 1.32. The Morgan fingerprint density at radius 1 is 0.914 bits per heavy atom. The van der Waals surface area contributed by atoms with Crippen molar-refractivity contribution in [3.05, 3.63) is 95.3 Å². The zero-order valence-electron chi connectivity index (χ0n) is 19.8. The van der Waals surface area contributed by atoms with Crippen molar-refractivity contribution in [2.75, 3.05) is 11.1 Å². The molecule has 0 bridgehead atoms. The lowest BCUT2D eigenvalue weighted by Crippen LogP contribution is -2.09. The van der Waals surface area contributed by atoms with E-state index in [1.165, 1.54) is 18.7 Å². The number of rotatable bonds is 9. The molecule has 0 fully saturated rings. The molecule has 3 aromatic carbocycles. The Morgan fingerprint density at radius 2 is 1.60 bits per heavy atom. The minimum Gasteiger partial charge on any atom is -0.485 e. The third kappa shape index (κ3) is 5.96. The molecule has 0 saturated carbocycles. The van der Waals surface area contributed by atoms with E-state index in [2.05, 4.69) is 15.5 Å². The summed E-state index contributed by atoms with van der Waals surface area (Å²) in [7, 11) is 0. The van der Waals surface area contributed by atoms with Crippen molar-refractivity contribution in [3.63, 3.8) is 0 Å². The van der Waals surface area contributed by atoms with E-state index in [4.69, 9.17) is 4.74 Å². The van der Waals surface area contributed by atoms with E-state index in [0.717, 1.165) is 22.6 Å². The Morgan fingerprint density at radius 3 is 2.26 bits per heavy atom.